The van der Waals surface area contributed by atoms with E-state index in [0.717, 1.165) is 36.6 Å². The molecule has 24 heavy (non-hydrogen) atoms. The third kappa shape index (κ3) is 3.30. The molecule has 7 heteroatoms. The van der Waals surface area contributed by atoms with Crippen molar-refractivity contribution in [2.75, 3.05) is 19.6 Å². The molecule has 4 rings (SSSR count). The number of aromatic nitrogens is 3. The number of carbonyl (C=O) groups is 1. The van der Waals surface area contributed by atoms with E-state index in [0.29, 0.717) is 11.7 Å². The highest BCUT2D eigenvalue weighted by atomic mass is 35.5. The van der Waals surface area contributed by atoms with Crippen LogP contribution in [0.5, 0.6) is 0 Å². The highest BCUT2D eigenvalue weighted by molar-refractivity contribution is 5.95. The molecule has 6 nitrogen and oxygen atoms in total. The molecular weight excluding hydrogens is 326 g/mol. The molecule has 0 unspecified atom stereocenters. The number of piperazine rings is 1. The molecule has 1 aromatic carbocycles. The molecule has 1 atom stereocenters. The number of hydrogen-bond donors (Lipinski definition) is 2. The number of hydrogen-bond acceptors (Lipinski definition) is 4. The van der Waals surface area contributed by atoms with E-state index in [1.165, 1.54) is 12.8 Å². The minimum atomic E-state index is 0. The van der Waals surface area contributed by atoms with E-state index in [1.807, 2.05) is 29.2 Å². The summed E-state index contributed by atoms with van der Waals surface area (Å²) >= 11 is 0. The Morgan fingerprint density at radius 2 is 2.00 bits per heavy atom. The standard InChI is InChI=1S/C17H21N5O.ClH/c1-11-10-18-8-9-22(11)17(23)14-6-4-13(5-7-14)16-19-15(20-21-16)12-2-3-12;/h4-7,11-12,18H,2-3,8-10H2,1H3,(H,19,20,21);1H/t11-;/m1./s1. The first-order valence-corrected chi connectivity index (χ1v) is 8.27. The van der Waals surface area contributed by atoms with Gasteiger partial charge in [0.2, 0.25) is 0 Å². The van der Waals surface area contributed by atoms with E-state index in [9.17, 15) is 4.79 Å². The summed E-state index contributed by atoms with van der Waals surface area (Å²) in [6.45, 7) is 4.54. The van der Waals surface area contributed by atoms with E-state index in [4.69, 9.17) is 0 Å². The molecule has 2 fully saturated rings. The van der Waals surface area contributed by atoms with Crippen molar-refractivity contribution in [3.8, 4) is 11.4 Å². The fourth-order valence-corrected chi connectivity index (χ4v) is 3.01. The number of nitrogens with zero attached hydrogens (tertiary/aromatic N) is 3. The summed E-state index contributed by atoms with van der Waals surface area (Å²) in [5.41, 5.74) is 1.67. The van der Waals surface area contributed by atoms with Crippen LogP contribution in [0.25, 0.3) is 11.4 Å². The second kappa shape index (κ2) is 6.91. The normalized spacial score (nSPS) is 20.5. The van der Waals surface area contributed by atoms with Gasteiger partial charge < -0.3 is 10.2 Å². The Hall–Kier alpha value is -1.92. The molecular formula is C17H22ClN5O. The van der Waals surface area contributed by atoms with Crippen molar-refractivity contribution in [2.45, 2.75) is 31.7 Å². The molecule has 1 saturated heterocycles. The van der Waals surface area contributed by atoms with Gasteiger partial charge in [0.15, 0.2) is 5.82 Å². The quantitative estimate of drug-likeness (QED) is 0.892. The van der Waals surface area contributed by atoms with E-state index < -0.39 is 0 Å². The van der Waals surface area contributed by atoms with Gasteiger partial charge in [0.1, 0.15) is 5.82 Å². The monoisotopic (exact) mass is 347 g/mol. The number of carbonyl (C=O) groups excluding carboxylic acids is 1. The van der Waals surface area contributed by atoms with E-state index >= 15 is 0 Å². The summed E-state index contributed by atoms with van der Waals surface area (Å²) in [6, 6.07) is 7.84. The Bertz CT molecular complexity index is 710. The predicted molar refractivity (Wildman–Crippen MR) is 94.4 cm³/mol. The zero-order valence-electron chi connectivity index (χ0n) is 13.7. The van der Waals surface area contributed by atoms with Crippen LogP contribution in [0.4, 0.5) is 0 Å². The van der Waals surface area contributed by atoms with Gasteiger partial charge in [0.05, 0.1) is 0 Å². The van der Waals surface area contributed by atoms with Crippen LogP contribution in [-0.2, 0) is 0 Å². The van der Waals surface area contributed by atoms with Gasteiger partial charge in [-0.1, -0.05) is 12.1 Å². The first-order valence-electron chi connectivity index (χ1n) is 8.27. The SMILES string of the molecule is C[C@@H]1CNCCN1C(=O)c1ccc(-c2n[nH]c(C3CC3)n2)cc1.Cl. The van der Waals surface area contributed by atoms with Crippen molar-refractivity contribution >= 4 is 18.3 Å². The summed E-state index contributed by atoms with van der Waals surface area (Å²) in [6.07, 6.45) is 2.40. The van der Waals surface area contributed by atoms with Crippen molar-refractivity contribution in [1.82, 2.24) is 25.4 Å². The van der Waals surface area contributed by atoms with Crippen LogP contribution in [0.15, 0.2) is 24.3 Å². The van der Waals surface area contributed by atoms with Gasteiger partial charge >= 0.3 is 0 Å². The smallest absolute Gasteiger partial charge is 0.254 e. The fraction of sp³-hybridized carbons (Fsp3) is 0.471. The van der Waals surface area contributed by atoms with E-state index in [2.05, 4.69) is 27.4 Å². The summed E-state index contributed by atoms with van der Waals surface area (Å²) in [5, 5.41) is 10.6. The number of halogens is 1. The van der Waals surface area contributed by atoms with Gasteiger partial charge in [-0.05, 0) is 31.9 Å². The number of H-pyrrole nitrogens is 1. The average Bonchev–Trinajstić information content (AvgIpc) is 3.32. The fourth-order valence-electron chi connectivity index (χ4n) is 3.01. The van der Waals surface area contributed by atoms with Gasteiger partial charge in [-0.25, -0.2) is 4.98 Å². The lowest BCUT2D eigenvalue weighted by molar-refractivity contribution is 0.0656. The van der Waals surface area contributed by atoms with Gasteiger partial charge in [-0.3, -0.25) is 9.89 Å². The second-order valence-corrected chi connectivity index (χ2v) is 6.45. The minimum Gasteiger partial charge on any atom is -0.333 e. The largest absolute Gasteiger partial charge is 0.333 e. The molecule has 2 aliphatic rings. The molecule has 1 aliphatic carbocycles. The summed E-state index contributed by atoms with van der Waals surface area (Å²) in [5.74, 6) is 2.35. The molecule has 1 aromatic heterocycles. The zero-order chi connectivity index (χ0) is 15.8. The van der Waals surface area contributed by atoms with Crippen molar-refractivity contribution < 1.29 is 4.79 Å². The topological polar surface area (TPSA) is 73.9 Å². The third-order valence-electron chi connectivity index (χ3n) is 4.62. The summed E-state index contributed by atoms with van der Waals surface area (Å²) < 4.78 is 0. The Morgan fingerprint density at radius 1 is 1.25 bits per heavy atom. The molecule has 1 saturated carbocycles. The maximum Gasteiger partial charge on any atom is 0.254 e. The highest BCUT2D eigenvalue weighted by Crippen LogP contribution is 2.38. The number of benzene rings is 1. The number of aromatic amines is 1. The van der Waals surface area contributed by atoms with E-state index in [-0.39, 0.29) is 24.4 Å². The lowest BCUT2D eigenvalue weighted by Crippen LogP contribution is -2.52. The molecule has 2 aromatic rings. The van der Waals surface area contributed by atoms with Crippen LogP contribution in [0.2, 0.25) is 0 Å². The summed E-state index contributed by atoms with van der Waals surface area (Å²) in [4.78, 5) is 19.1. The highest BCUT2D eigenvalue weighted by Gasteiger charge is 2.27. The molecule has 0 bridgehead atoms. The minimum absolute atomic E-state index is 0. The maximum absolute atomic E-state index is 12.6. The maximum atomic E-state index is 12.6. The first kappa shape index (κ1) is 16.9. The molecule has 1 amide bonds. The Kier molecular flexibility index (Phi) is 4.87. The van der Waals surface area contributed by atoms with Gasteiger partial charge in [0.25, 0.3) is 5.91 Å². The summed E-state index contributed by atoms with van der Waals surface area (Å²) in [7, 11) is 0. The number of nitrogens with one attached hydrogen (secondary N) is 2. The number of amides is 1. The van der Waals surface area contributed by atoms with Gasteiger partial charge in [-0.2, -0.15) is 5.10 Å². The Morgan fingerprint density at radius 3 is 2.67 bits per heavy atom. The lowest BCUT2D eigenvalue weighted by Gasteiger charge is -2.34. The van der Waals surface area contributed by atoms with Crippen LogP contribution >= 0.6 is 12.4 Å². The van der Waals surface area contributed by atoms with Crippen LogP contribution in [0.3, 0.4) is 0 Å². The van der Waals surface area contributed by atoms with Crippen molar-refractivity contribution in [1.29, 1.82) is 0 Å². The van der Waals surface area contributed by atoms with Crippen molar-refractivity contribution in [3.63, 3.8) is 0 Å². The predicted octanol–water partition coefficient (Wildman–Crippen LogP) is 2.20. The Labute approximate surface area is 147 Å². The van der Waals surface area contributed by atoms with Crippen LogP contribution in [0.1, 0.15) is 41.9 Å². The molecule has 2 N–H and O–H groups in total. The van der Waals surface area contributed by atoms with Crippen molar-refractivity contribution in [2.24, 2.45) is 0 Å². The zero-order valence-corrected chi connectivity index (χ0v) is 14.5. The van der Waals surface area contributed by atoms with Crippen LogP contribution in [-0.4, -0.2) is 51.7 Å². The molecule has 0 spiro atoms. The number of rotatable bonds is 3. The first-order chi connectivity index (χ1) is 11.2. The molecule has 2 heterocycles. The molecule has 1 aliphatic heterocycles. The Balaban J connectivity index is 0.00000169. The second-order valence-electron chi connectivity index (χ2n) is 6.45. The van der Waals surface area contributed by atoms with Crippen molar-refractivity contribution in [3.05, 3.63) is 35.7 Å². The molecule has 128 valence electrons. The third-order valence-corrected chi connectivity index (χ3v) is 4.62. The van der Waals surface area contributed by atoms with E-state index in [1.54, 1.807) is 0 Å². The van der Waals surface area contributed by atoms with Gasteiger partial charge in [0, 0.05) is 42.7 Å². The van der Waals surface area contributed by atoms with Gasteiger partial charge in [-0.15, -0.1) is 12.4 Å². The van der Waals surface area contributed by atoms with Crippen LogP contribution < -0.4 is 5.32 Å². The lowest BCUT2D eigenvalue weighted by atomic mass is 10.1. The molecule has 0 radical (unpaired) electrons. The average molecular weight is 348 g/mol. The van der Waals surface area contributed by atoms with Crippen LogP contribution in [0, 0.1) is 0 Å².